The number of hydrogen-bond acceptors (Lipinski definition) is 5. The van der Waals surface area contributed by atoms with E-state index in [9.17, 15) is 27.9 Å². The first kappa shape index (κ1) is 22.0. The van der Waals surface area contributed by atoms with Gasteiger partial charge >= 0.3 is 11.9 Å². The van der Waals surface area contributed by atoms with Crippen molar-refractivity contribution in [1.82, 2.24) is 0 Å². The first-order chi connectivity index (χ1) is 13.0. The smallest absolute Gasteiger partial charge is 0.338 e. The zero-order chi connectivity index (χ0) is 21.1. The zero-order valence-electron chi connectivity index (χ0n) is 16.1. The van der Waals surface area contributed by atoms with Crippen LogP contribution in [-0.2, 0) is 9.53 Å². The monoisotopic (exact) mass is 401 g/mol. The van der Waals surface area contributed by atoms with E-state index in [1.54, 1.807) is 0 Å². The van der Waals surface area contributed by atoms with E-state index in [-0.39, 0.29) is 11.3 Å². The summed E-state index contributed by atoms with van der Waals surface area (Å²) in [6.45, 7) is 4.51. The van der Waals surface area contributed by atoms with Crippen LogP contribution in [0.5, 0.6) is 5.75 Å². The van der Waals surface area contributed by atoms with Gasteiger partial charge in [-0.2, -0.15) is 8.78 Å². The molecule has 0 aromatic heterocycles. The second-order valence-electron chi connectivity index (χ2n) is 7.47. The lowest BCUT2D eigenvalue weighted by Crippen LogP contribution is -2.53. The second-order valence-corrected chi connectivity index (χ2v) is 7.47. The molecule has 1 fully saturated rings. The minimum atomic E-state index is -4.37. The van der Waals surface area contributed by atoms with Gasteiger partial charge in [-0.15, -0.1) is 0 Å². The lowest BCUT2D eigenvalue weighted by Gasteiger charge is -2.30. The summed E-state index contributed by atoms with van der Waals surface area (Å²) in [5.41, 5.74) is -0.760. The molecule has 0 heterocycles. The van der Waals surface area contributed by atoms with Crippen molar-refractivity contribution in [3.8, 4) is 5.75 Å². The van der Waals surface area contributed by atoms with Gasteiger partial charge in [0.05, 0.1) is 5.56 Å². The number of halogens is 3. The highest BCUT2D eigenvalue weighted by Crippen LogP contribution is 2.38. The Labute approximate surface area is 161 Å². The Hall–Kier alpha value is -2.25. The number of carbonyl (C=O) groups is 2. The predicted octanol–water partition coefficient (Wildman–Crippen LogP) is 3.49. The van der Waals surface area contributed by atoms with E-state index in [0.717, 1.165) is 31.7 Å². The molecular weight excluding hydrogens is 377 g/mol. The van der Waals surface area contributed by atoms with Crippen molar-refractivity contribution in [1.29, 1.82) is 0 Å². The Bertz CT molecular complexity index is 727. The number of ether oxygens (including phenoxy) is 2. The van der Waals surface area contributed by atoms with Gasteiger partial charge in [0.25, 0.3) is 0 Å². The van der Waals surface area contributed by atoms with E-state index in [2.05, 4.69) is 4.74 Å². The highest BCUT2D eigenvalue weighted by Gasteiger charge is 2.46. The maximum Gasteiger partial charge on any atom is 0.338 e. The second kappa shape index (κ2) is 8.41. The highest BCUT2D eigenvalue weighted by atomic mass is 19.3. The van der Waals surface area contributed by atoms with Gasteiger partial charge in [0.15, 0.2) is 17.7 Å². The SMILES string of the molecule is CCC1(Oc2ccc(C(=O)OC(C(C)C)C(F)(F)C(=O)[O-])cc2F)CCCC1. The quantitative estimate of drug-likeness (QED) is 0.624. The van der Waals surface area contributed by atoms with Crippen molar-refractivity contribution >= 4 is 11.9 Å². The summed E-state index contributed by atoms with van der Waals surface area (Å²) in [5, 5.41) is 10.7. The summed E-state index contributed by atoms with van der Waals surface area (Å²) < 4.78 is 52.5. The largest absolute Gasteiger partial charge is 0.544 e. The Morgan fingerprint density at radius 1 is 1.25 bits per heavy atom. The number of carboxylic acid groups (broad SMARTS) is 1. The molecule has 1 unspecified atom stereocenters. The van der Waals surface area contributed by atoms with Crippen molar-refractivity contribution in [2.45, 2.75) is 70.5 Å². The van der Waals surface area contributed by atoms with E-state index >= 15 is 0 Å². The van der Waals surface area contributed by atoms with Crippen LogP contribution in [0.25, 0.3) is 0 Å². The normalized spacial score (nSPS) is 17.4. The van der Waals surface area contributed by atoms with Crippen LogP contribution >= 0.6 is 0 Å². The fourth-order valence-corrected chi connectivity index (χ4v) is 3.42. The number of aliphatic carboxylic acids is 1. The summed E-state index contributed by atoms with van der Waals surface area (Å²) >= 11 is 0. The zero-order valence-corrected chi connectivity index (χ0v) is 16.1. The van der Waals surface area contributed by atoms with Crippen LogP contribution in [0.4, 0.5) is 13.2 Å². The number of carbonyl (C=O) groups excluding carboxylic acids is 2. The first-order valence-corrected chi connectivity index (χ1v) is 9.31. The number of benzene rings is 1. The van der Waals surface area contributed by atoms with Gasteiger partial charge in [-0.25, -0.2) is 9.18 Å². The van der Waals surface area contributed by atoms with Gasteiger partial charge < -0.3 is 19.4 Å². The van der Waals surface area contributed by atoms with Crippen LogP contribution in [-0.4, -0.2) is 29.6 Å². The Morgan fingerprint density at radius 3 is 2.32 bits per heavy atom. The van der Waals surface area contributed by atoms with Gasteiger partial charge in [0.2, 0.25) is 0 Å². The molecule has 0 amide bonds. The van der Waals surface area contributed by atoms with E-state index in [1.165, 1.54) is 26.0 Å². The number of alkyl halides is 2. The van der Waals surface area contributed by atoms with Gasteiger partial charge in [-0.05, 0) is 56.2 Å². The molecule has 0 bridgehead atoms. The number of hydrogen-bond donors (Lipinski definition) is 0. The lowest BCUT2D eigenvalue weighted by molar-refractivity contribution is -0.337. The van der Waals surface area contributed by atoms with E-state index in [0.29, 0.717) is 6.42 Å². The lowest BCUT2D eigenvalue weighted by atomic mass is 9.98. The molecule has 0 N–H and O–H groups in total. The van der Waals surface area contributed by atoms with E-state index < -0.39 is 41.3 Å². The van der Waals surface area contributed by atoms with E-state index in [4.69, 9.17) is 4.74 Å². The molecule has 156 valence electrons. The van der Waals surface area contributed by atoms with Crippen molar-refractivity contribution in [3.05, 3.63) is 29.6 Å². The van der Waals surface area contributed by atoms with Crippen LogP contribution < -0.4 is 9.84 Å². The minimum absolute atomic E-state index is 0.0271. The van der Waals surface area contributed by atoms with Crippen LogP contribution in [0.3, 0.4) is 0 Å². The molecule has 8 heteroatoms. The van der Waals surface area contributed by atoms with Crippen LogP contribution in [0.1, 0.15) is 63.2 Å². The molecule has 1 atom stereocenters. The van der Waals surface area contributed by atoms with Crippen molar-refractivity contribution in [3.63, 3.8) is 0 Å². The summed E-state index contributed by atoms with van der Waals surface area (Å²) in [6.07, 6.45) is 2.06. The molecule has 0 saturated heterocycles. The molecule has 1 aliphatic carbocycles. The average molecular weight is 401 g/mol. The van der Waals surface area contributed by atoms with E-state index in [1.807, 2.05) is 6.92 Å². The highest BCUT2D eigenvalue weighted by molar-refractivity contribution is 5.90. The Balaban J connectivity index is 2.18. The number of rotatable bonds is 8. The molecule has 0 aliphatic heterocycles. The number of carboxylic acids is 1. The summed E-state index contributed by atoms with van der Waals surface area (Å²) in [6, 6.07) is 3.29. The van der Waals surface area contributed by atoms with Gasteiger partial charge in [-0.1, -0.05) is 20.8 Å². The molecule has 2 rings (SSSR count). The van der Waals surface area contributed by atoms with Crippen molar-refractivity contribution in [2.24, 2.45) is 5.92 Å². The first-order valence-electron chi connectivity index (χ1n) is 9.31. The van der Waals surface area contributed by atoms with Gasteiger partial charge in [0, 0.05) is 0 Å². The van der Waals surface area contributed by atoms with Crippen molar-refractivity contribution < 1.29 is 37.3 Å². The number of esters is 1. The van der Waals surface area contributed by atoms with Crippen LogP contribution in [0.15, 0.2) is 18.2 Å². The molecule has 5 nitrogen and oxygen atoms in total. The molecule has 28 heavy (non-hydrogen) atoms. The standard InChI is InChI=1S/C20H25F3O5/c1-4-19(9-5-6-10-19)28-15-8-7-13(11-14(15)21)17(24)27-16(12(2)3)20(22,23)18(25)26/h7-8,11-12,16H,4-6,9-10H2,1-3H3,(H,25,26)/p-1. The third-order valence-electron chi connectivity index (χ3n) is 5.12. The Morgan fingerprint density at radius 2 is 1.86 bits per heavy atom. The molecule has 1 aromatic carbocycles. The third-order valence-corrected chi connectivity index (χ3v) is 5.12. The molecule has 1 saturated carbocycles. The molecule has 0 spiro atoms. The molecular formula is C20H24F3O5-. The fraction of sp³-hybridized carbons (Fsp3) is 0.600. The summed E-state index contributed by atoms with van der Waals surface area (Å²) in [5.74, 6) is -10.1. The molecule has 1 aromatic rings. The molecule has 0 radical (unpaired) electrons. The maximum absolute atomic E-state index is 14.4. The summed E-state index contributed by atoms with van der Waals surface area (Å²) in [4.78, 5) is 22.9. The predicted molar refractivity (Wildman–Crippen MR) is 92.5 cm³/mol. The van der Waals surface area contributed by atoms with Crippen LogP contribution in [0.2, 0.25) is 0 Å². The molecule has 1 aliphatic rings. The fourth-order valence-electron chi connectivity index (χ4n) is 3.42. The van der Waals surface area contributed by atoms with Crippen LogP contribution in [0, 0.1) is 11.7 Å². The topological polar surface area (TPSA) is 75.7 Å². The Kier molecular flexibility index (Phi) is 6.62. The minimum Gasteiger partial charge on any atom is -0.544 e. The van der Waals surface area contributed by atoms with Gasteiger partial charge in [-0.3, -0.25) is 0 Å². The van der Waals surface area contributed by atoms with Crippen molar-refractivity contribution in [2.75, 3.05) is 0 Å². The summed E-state index contributed by atoms with van der Waals surface area (Å²) in [7, 11) is 0. The van der Waals surface area contributed by atoms with Gasteiger partial charge in [0.1, 0.15) is 11.6 Å². The maximum atomic E-state index is 14.4. The average Bonchev–Trinajstić information content (AvgIpc) is 3.09. The third kappa shape index (κ3) is 4.59.